The summed E-state index contributed by atoms with van der Waals surface area (Å²) >= 11 is 0. The highest BCUT2D eigenvalue weighted by Gasteiger charge is 2.54. The molecule has 0 radical (unpaired) electrons. The van der Waals surface area contributed by atoms with Gasteiger partial charge < -0.3 is 25.7 Å². The normalized spacial score (nSPS) is 23.1. The van der Waals surface area contributed by atoms with Crippen LogP contribution in [0.4, 0.5) is 21.8 Å². The monoisotopic (exact) mass is 489 g/mol. The summed E-state index contributed by atoms with van der Waals surface area (Å²) in [7, 11) is 1.75. The lowest BCUT2D eigenvalue weighted by atomic mass is 10.1. The number of aromatic nitrogens is 5. The van der Waals surface area contributed by atoms with Crippen LogP contribution in [-0.2, 0) is 4.79 Å². The largest absolute Gasteiger partial charge is 0.421 e. The van der Waals surface area contributed by atoms with Gasteiger partial charge in [0.25, 0.3) is 0 Å². The SMILES string of the molecule is CNc1cc(F)cc2c1[nH]c1nc(Oc3cnc(N4CCCC4=O)nc3)nc(N3CC4C(N)C4C3)c12. The molecule has 1 aromatic carbocycles. The number of H-pyrrole nitrogens is 1. The number of fused-ring (bicyclic) bond motifs is 4. The third-order valence-corrected chi connectivity index (χ3v) is 7.45. The Morgan fingerprint density at radius 1 is 1.19 bits per heavy atom. The van der Waals surface area contributed by atoms with Gasteiger partial charge in [-0.25, -0.2) is 14.4 Å². The van der Waals surface area contributed by atoms with E-state index >= 15 is 0 Å². The number of nitrogens with two attached hydrogens (primary N) is 1. The number of rotatable bonds is 5. The van der Waals surface area contributed by atoms with Gasteiger partial charge in [0.05, 0.1) is 29.0 Å². The Hall–Kier alpha value is -4.06. The van der Waals surface area contributed by atoms with Crippen LogP contribution >= 0.6 is 0 Å². The summed E-state index contributed by atoms with van der Waals surface area (Å²) in [6, 6.07) is 3.28. The van der Waals surface area contributed by atoms with Gasteiger partial charge in [0.15, 0.2) is 5.75 Å². The number of aromatic amines is 1. The molecular formula is C24H24FN9O2. The van der Waals surface area contributed by atoms with Crippen LogP contribution in [0.3, 0.4) is 0 Å². The van der Waals surface area contributed by atoms with E-state index in [4.69, 9.17) is 15.5 Å². The Bertz CT molecular complexity index is 1510. The molecule has 1 amide bonds. The summed E-state index contributed by atoms with van der Waals surface area (Å²) < 4.78 is 20.4. The number of benzene rings is 1. The Balaban J connectivity index is 1.29. The summed E-state index contributed by atoms with van der Waals surface area (Å²) in [6.07, 6.45) is 4.31. The van der Waals surface area contributed by atoms with E-state index in [2.05, 4.69) is 30.2 Å². The fourth-order valence-electron chi connectivity index (χ4n) is 5.51. The summed E-state index contributed by atoms with van der Waals surface area (Å²) in [6.45, 7) is 2.17. The van der Waals surface area contributed by atoms with Gasteiger partial charge in [0, 0.05) is 44.5 Å². The van der Waals surface area contributed by atoms with Gasteiger partial charge in [-0.05, 0) is 30.4 Å². The summed E-state index contributed by atoms with van der Waals surface area (Å²) in [5.41, 5.74) is 8.07. The summed E-state index contributed by atoms with van der Waals surface area (Å²) in [5, 5.41) is 4.48. The zero-order valence-electron chi connectivity index (χ0n) is 19.5. The molecule has 11 nitrogen and oxygen atoms in total. The minimum Gasteiger partial charge on any atom is -0.421 e. The van der Waals surface area contributed by atoms with Gasteiger partial charge in [-0.1, -0.05) is 0 Å². The molecule has 184 valence electrons. The molecule has 3 aromatic heterocycles. The van der Waals surface area contributed by atoms with E-state index in [0.29, 0.717) is 59.0 Å². The molecule has 0 bridgehead atoms. The van der Waals surface area contributed by atoms with E-state index in [9.17, 15) is 9.18 Å². The first-order valence-electron chi connectivity index (χ1n) is 12.0. The predicted molar refractivity (Wildman–Crippen MR) is 132 cm³/mol. The molecule has 5 heterocycles. The Labute approximate surface area is 204 Å². The molecule has 36 heavy (non-hydrogen) atoms. The number of nitrogens with one attached hydrogen (secondary N) is 2. The van der Waals surface area contributed by atoms with Gasteiger partial charge >= 0.3 is 6.01 Å². The van der Waals surface area contributed by atoms with Crippen molar-refractivity contribution in [1.29, 1.82) is 0 Å². The average molecular weight is 490 g/mol. The fourth-order valence-corrected chi connectivity index (χ4v) is 5.51. The van der Waals surface area contributed by atoms with Crippen LogP contribution in [0, 0.1) is 17.7 Å². The number of carbonyl (C=O) groups is 1. The van der Waals surface area contributed by atoms with Crippen LogP contribution in [0.25, 0.3) is 21.9 Å². The smallest absolute Gasteiger partial charge is 0.326 e. The van der Waals surface area contributed by atoms with Crippen LogP contribution in [0.5, 0.6) is 11.8 Å². The van der Waals surface area contributed by atoms with Crippen molar-refractivity contribution in [1.82, 2.24) is 24.9 Å². The zero-order chi connectivity index (χ0) is 24.6. The molecule has 0 spiro atoms. The highest BCUT2D eigenvalue weighted by atomic mass is 19.1. The number of nitrogens with zero attached hydrogens (tertiary/aromatic N) is 6. The average Bonchev–Trinajstić information content (AvgIpc) is 3.33. The summed E-state index contributed by atoms with van der Waals surface area (Å²) in [5.74, 6) is 1.91. The third-order valence-electron chi connectivity index (χ3n) is 7.45. The van der Waals surface area contributed by atoms with Crippen molar-refractivity contribution in [3.05, 3.63) is 30.3 Å². The minimum atomic E-state index is -0.348. The molecule has 2 aliphatic heterocycles. The summed E-state index contributed by atoms with van der Waals surface area (Å²) in [4.78, 5) is 36.9. The maximum Gasteiger partial charge on any atom is 0.326 e. The lowest BCUT2D eigenvalue weighted by Crippen LogP contribution is -2.29. The molecule has 2 atom stereocenters. The number of carbonyl (C=O) groups excluding carboxylic acids is 1. The maximum absolute atomic E-state index is 14.5. The van der Waals surface area contributed by atoms with Crippen molar-refractivity contribution < 1.29 is 13.9 Å². The number of hydrogen-bond acceptors (Lipinski definition) is 9. The molecule has 2 saturated heterocycles. The van der Waals surface area contributed by atoms with E-state index in [1.54, 1.807) is 11.9 Å². The van der Waals surface area contributed by atoms with Crippen LogP contribution in [0.1, 0.15) is 12.8 Å². The molecule has 4 aromatic rings. The topological polar surface area (TPSA) is 138 Å². The zero-order valence-corrected chi connectivity index (χ0v) is 19.5. The van der Waals surface area contributed by atoms with Crippen molar-refractivity contribution in [3.8, 4) is 11.8 Å². The van der Waals surface area contributed by atoms with Gasteiger partial charge in [-0.3, -0.25) is 9.69 Å². The van der Waals surface area contributed by atoms with E-state index in [-0.39, 0.29) is 23.8 Å². The Kier molecular flexibility index (Phi) is 4.55. The molecule has 7 rings (SSSR count). The lowest BCUT2D eigenvalue weighted by molar-refractivity contribution is -0.117. The van der Waals surface area contributed by atoms with Crippen molar-refractivity contribution in [2.45, 2.75) is 18.9 Å². The number of anilines is 3. The van der Waals surface area contributed by atoms with Crippen LogP contribution in [0.15, 0.2) is 24.5 Å². The lowest BCUT2D eigenvalue weighted by Gasteiger charge is -2.21. The Morgan fingerprint density at radius 2 is 1.97 bits per heavy atom. The molecule has 2 unspecified atom stereocenters. The van der Waals surface area contributed by atoms with Gasteiger partial charge in [-0.2, -0.15) is 9.97 Å². The van der Waals surface area contributed by atoms with E-state index in [0.717, 1.165) is 30.4 Å². The van der Waals surface area contributed by atoms with E-state index in [1.807, 2.05) is 0 Å². The minimum absolute atomic E-state index is 0.0154. The number of piperidine rings is 1. The number of halogens is 1. The van der Waals surface area contributed by atoms with E-state index < -0.39 is 0 Å². The quantitative estimate of drug-likeness (QED) is 0.386. The fraction of sp³-hybridized carbons (Fsp3) is 0.375. The van der Waals surface area contributed by atoms with Crippen molar-refractivity contribution in [3.63, 3.8) is 0 Å². The molecule has 4 N–H and O–H groups in total. The molecule has 12 heteroatoms. The first-order chi connectivity index (χ1) is 17.5. The van der Waals surface area contributed by atoms with Crippen molar-refractivity contribution >= 4 is 45.3 Å². The van der Waals surface area contributed by atoms with Gasteiger partial charge in [-0.15, -0.1) is 0 Å². The maximum atomic E-state index is 14.5. The second kappa shape index (κ2) is 7.72. The molecule has 3 fully saturated rings. The van der Waals surface area contributed by atoms with Crippen LogP contribution in [0.2, 0.25) is 0 Å². The van der Waals surface area contributed by atoms with E-state index in [1.165, 1.54) is 24.5 Å². The van der Waals surface area contributed by atoms with Gasteiger partial charge in [0.2, 0.25) is 11.9 Å². The van der Waals surface area contributed by atoms with Crippen LogP contribution in [-0.4, -0.2) is 63.6 Å². The number of hydrogen-bond donors (Lipinski definition) is 3. The second-order valence-corrected chi connectivity index (χ2v) is 9.58. The number of ether oxygens (including phenoxy) is 1. The Morgan fingerprint density at radius 3 is 2.67 bits per heavy atom. The molecular weight excluding hydrogens is 465 g/mol. The van der Waals surface area contributed by atoms with Crippen LogP contribution < -0.4 is 25.6 Å². The second-order valence-electron chi connectivity index (χ2n) is 9.58. The third kappa shape index (κ3) is 3.24. The molecule has 1 aliphatic carbocycles. The number of amides is 1. The predicted octanol–water partition coefficient (Wildman–Crippen LogP) is 2.39. The van der Waals surface area contributed by atoms with Crippen molar-refractivity contribution in [2.75, 3.05) is 41.8 Å². The molecule has 3 aliphatic rings. The highest BCUT2D eigenvalue weighted by molar-refractivity contribution is 6.14. The van der Waals surface area contributed by atoms with Crippen molar-refractivity contribution in [2.24, 2.45) is 17.6 Å². The first kappa shape index (κ1) is 21.2. The first-order valence-corrected chi connectivity index (χ1v) is 12.0. The standard InChI is InChI=1S/C24H24FN9O2/c1-27-16-6-11(25)5-13-18-21(30-20(13)16)31-24(32-22(18)33-9-14-15(10-33)19(14)26)36-12-7-28-23(29-8-12)34-4-2-3-17(34)35/h5-8,14-15,19,27H,2-4,9-10,26H2,1H3,(H,30,31,32). The highest BCUT2D eigenvalue weighted by Crippen LogP contribution is 2.47. The molecule has 1 saturated carbocycles. The van der Waals surface area contributed by atoms with Gasteiger partial charge in [0.1, 0.15) is 17.3 Å².